The lowest BCUT2D eigenvalue weighted by Crippen LogP contribution is -2.33. The van der Waals surface area contributed by atoms with Gasteiger partial charge >= 0.3 is 7.12 Å². The van der Waals surface area contributed by atoms with E-state index in [9.17, 15) is 8.78 Å². The molecule has 0 saturated heterocycles. The maximum absolute atomic E-state index is 12.6. The first kappa shape index (κ1) is 9.71. The van der Waals surface area contributed by atoms with Gasteiger partial charge in [0.25, 0.3) is 0 Å². The average Bonchev–Trinajstić information content (AvgIpc) is 2.08. The lowest BCUT2D eigenvalue weighted by Gasteiger charge is -2.03. The Hall–Kier alpha value is -1.38. The predicted octanol–water partition coefficient (Wildman–Crippen LogP) is -0.374. The number of terminal acetylenes is 1. The van der Waals surface area contributed by atoms with Crippen molar-refractivity contribution in [1.29, 1.82) is 0 Å². The second-order valence-electron chi connectivity index (χ2n) is 2.37. The summed E-state index contributed by atoms with van der Waals surface area (Å²) in [5, 5.41) is 17.4. The van der Waals surface area contributed by atoms with Gasteiger partial charge in [-0.1, -0.05) is 5.92 Å². The third-order valence-corrected chi connectivity index (χ3v) is 1.53. The van der Waals surface area contributed by atoms with Gasteiger partial charge in [-0.15, -0.1) is 6.42 Å². The molecule has 0 aromatic heterocycles. The van der Waals surface area contributed by atoms with Crippen molar-refractivity contribution in [2.75, 3.05) is 0 Å². The molecular weight excluding hydrogens is 177 g/mol. The minimum atomic E-state index is -1.90. The van der Waals surface area contributed by atoms with Crippen LogP contribution in [0.4, 0.5) is 8.78 Å². The fourth-order valence-electron chi connectivity index (χ4n) is 0.901. The highest BCUT2D eigenvalue weighted by Gasteiger charge is 2.18. The highest BCUT2D eigenvalue weighted by molar-refractivity contribution is 6.59. The van der Waals surface area contributed by atoms with Crippen molar-refractivity contribution < 1.29 is 18.8 Å². The minimum absolute atomic E-state index is 0.0751. The molecule has 1 rings (SSSR count). The van der Waals surface area contributed by atoms with E-state index in [-0.39, 0.29) is 11.0 Å². The van der Waals surface area contributed by atoms with Gasteiger partial charge in [0.1, 0.15) is 0 Å². The molecule has 2 N–H and O–H groups in total. The van der Waals surface area contributed by atoms with Crippen LogP contribution in [0.1, 0.15) is 5.56 Å². The summed E-state index contributed by atoms with van der Waals surface area (Å²) in [6.07, 6.45) is 4.95. The average molecular weight is 182 g/mol. The van der Waals surface area contributed by atoms with E-state index in [0.29, 0.717) is 6.07 Å². The summed E-state index contributed by atoms with van der Waals surface area (Å²) in [6.45, 7) is 0. The fourth-order valence-corrected chi connectivity index (χ4v) is 0.901. The third kappa shape index (κ3) is 1.86. The summed E-state index contributed by atoms with van der Waals surface area (Å²) >= 11 is 0. The van der Waals surface area contributed by atoms with E-state index in [0.717, 1.165) is 6.07 Å². The summed E-state index contributed by atoms with van der Waals surface area (Å²) in [5.74, 6) is -0.260. The minimum Gasteiger partial charge on any atom is -0.423 e. The molecule has 0 unspecified atom stereocenters. The molecule has 0 spiro atoms. The van der Waals surface area contributed by atoms with Gasteiger partial charge in [-0.3, -0.25) is 0 Å². The van der Waals surface area contributed by atoms with E-state index >= 15 is 0 Å². The molecule has 2 nitrogen and oxygen atoms in total. The van der Waals surface area contributed by atoms with Gasteiger partial charge in [-0.05, 0) is 12.1 Å². The smallest absolute Gasteiger partial charge is 0.423 e. The maximum Gasteiger partial charge on any atom is 0.489 e. The Morgan fingerprint density at radius 2 is 1.77 bits per heavy atom. The van der Waals surface area contributed by atoms with E-state index in [2.05, 4.69) is 0 Å². The van der Waals surface area contributed by atoms with Crippen molar-refractivity contribution in [2.45, 2.75) is 0 Å². The van der Waals surface area contributed by atoms with Crippen LogP contribution in [0.5, 0.6) is 0 Å². The second-order valence-corrected chi connectivity index (χ2v) is 2.37. The topological polar surface area (TPSA) is 40.5 Å². The van der Waals surface area contributed by atoms with Crippen LogP contribution in [-0.2, 0) is 0 Å². The van der Waals surface area contributed by atoms with E-state index < -0.39 is 18.8 Å². The zero-order valence-electron chi connectivity index (χ0n) is 6.46. The van der Waals surface area contributed by atoms with Crippen LogP contribution in [0.25, 0.3) is 0 Å². The first-order valence-electron chi connectivity index (χ1n) is 3.38. The van der Waals surface area contributed by atoms with E-state index in [1.54, 1.807) is 0 Å². The third-order valence-electron chi connectivity index (χ3n) is 1.53. The quantitative estimate of drug-likeness (QED) is 0.459. The first-order chi connectivity index (χ1) is 6.06. The Labute approximate surface area is 74.0 Å². The Morgan fingerprint density at radius 1 is 1.23 bits per heavy atom. The monoisotopic (exact) mass is 182 g/mol. The van der Waals surface area contributed by atoms with E-state index in [1.165, 1.54) is 0 Å². The van der Waals surface area contributed by atoms with E-state index in [4.69, 9.17) is 16.5 Å². The Balaban J connectivity index is 3.35. The Morgan fingerprint density at radius 3 is 2.23 bits per heavy atom. The van der Waals surface area contributed by atoms with Crippen molar-refractivity contribution in [2.24, 2.45) is 0 Å². The summed E-state index contributed by atoms with van der Waals surface area (Å²) in [5.41, 5.74) is -0.296. The van der Waals surface area contributed by atoms with Crippen molar-refractivity contribution in [3.05, 3.63) is 29.3 Å². The number of hydrogen-bond donors (Lipinski definition) is 2. The molecular formula is C8H5BF2O2. The molecule has 0 fully saturated rings. The standard InChI is InChI=1S/C8H5BF2O2/c1-2-5-3-7(10)8(11)4-6(5)9(12)13/h1,3-4,12-13H. The van der Waals surface area contributed by atoms with Crippen LogP contribution in [0, 0.1) is 24.0 Å². The van der Waals surface area contributed by atoms with Crippen molar-refractivity contribution in [3.8, 4) is 12.3 Å². The molecule has 13 heavy (non-hydrogen) atoms. The Bertz CT molecular complexity index is 371. The fraction of sp³-hybridized carbons (Fsp3) is 0. The largest absolute Gasteiger partial charge is 0.489 e. The lowest BCUT2D eigenvalue weighted by atomic mass is 9.77. The predicted molar refractivity (Wildman–Crippen MR) is 44.1 cm³/mol. The molecule has 1 aromatic carbocycles. The molecule has 0 aliphatic heterocycles. The van der Waals surface area contributed by atoms with E-state index in [1.807, 2.05) is 5.92 Å². The molecule has 5 heteroatoms. The number of halogens is 2. The van der Waals surface area contributed by atoms with Gasteiger partial charge in [-0.25, -0.2) is 8.78 Å². The zero-order valence-corrected chi connectivity index (χ0v) is 6.46. The molecule has 0 saturated carbocycles. The molecule has 66 valence electrons. The number of rotatable bonds is 1. The molecule has 0 amide bonds. The first-order valence-corrected chi connectivity index (χ1v) is 3.38. The van der Waals surface area contributed by atoms with Gasteiger partial charge in [0, 0.05) is 11.0 Å². The molecule has 1 aromatic rings. The van der Waals surface area contributed by atoms with Crippen LogP contribution < -0.4 is 5.46 Å². The van der Waals surface area contributed by atoms with Gasteiger partial charge in [-0.2, -0.15) is 0 Å². The summed E-state index contributed by atoms with van der Waals surface area (Å²) in [6, 6.07) is 1.40. The molecule has 0 aliphatic carbocycles. The number of benzene rings is 1. The second kappa shape index (κ2) is 3.56. The van der Waals surface area contributed by atoms with Gasteiger partial charge in [0.05, 0.1) is 0 Å². The van der Waals surface area contributed by atoms with Crippen LogP contribution in [0.15, 0.2) is 12.1 Å². The van der Waals surface area contributed by atoms with Gasteiger partial charge < -0.3 is 10.0 Å². The normalized spacial score (nSPS) is 9.46. The summed E-state index contributed by atoms with van der Waals surface area (Å²) in [4.78, 5) is 0. The van der Waals surface area contributed by atoms with Crippen molar-refractivity contribution in [3.63, 3.8) is 0 Å². The number of hydrogen-bond acceptors (Lipinski definition) is 2. The molecule has 0 atom stereocenters. The Kier molecular flexibility index (Phi) is 2.66. The van der Waals surface area contributed by atoms with Crippen LogP contribution in [-0.4, -0.2) is 17.2 Å². The van der Waals surface area contributed by atoms with Crippen molar-refractivity contribution >= 4 is 12.6 Å². The highest BCUT2D eigenvalue weighted by Crippen LogP contribution is 2.06. The summed E-state index contributed by atoms with van der Waals surface area (Å²) < 4.78 is 25.2. The van der Waals surface area contributed by atoms with Gasteiger partial charge in [0.15, 0.2) is 11.6 Å². The molecule has 0 heterocycles. The molecule has 0 bridgehead atoms. The van der Waals surface area contributed by atoms with Crippen LogP contribution in [0.2, 0.25) is 0 Å². The highest BCUT2D eigenvalue weighted by atomic mass is 19.2. The maximum atomic E-state index is 12.6. The lowest BCUT2D eigenvalue weighted by molar-refractivity contribution is 0.424. The molecule has 0 aliphatic rings. The molecule has 0 radical (unpaired) electrons. The van der Waals surface area contributed by atoms with Crippen LogP contribution >= 0.6 is 0 Å². The van der Waals surface area contributed by atoms with Gasteiger partial charge in [0.2, 0.25) is 0 Å². The SMILES string of the molecule is C#Cc1cc(F)c(F)cc1B(O)O. The summed E-state index contributed by atoms with van der Waals surface area (Å²) in [7, 11) is -1.90. The van der Waals surface area contributed by atoms with Crippen molar-refractivity contribution in [1.82, 2.24) is 0 Å². The zero-order chi connectivity index (χ0) is 10.0. The van der Waals surface area contributed by atoms with Crippen LogP contribution in [0.3, 0.4) is 0 Å².